The van der Waals surface area contributed by atoms with Gasteiger partial charge in [-0.15, -0.1) is 0 Å². The number of anilines is 1. The highest BCUT2D eigenvalue weighted by Gasteiger charge is 2.33. The highest BCUT2D eigenvalue weighted by atomic mass is 35.5. The summed E-state index contributed by atoms with van der Waals surface area (Å²) in [5.74, 6) is 1.24. The quantitative estimate of drug-likeness (QED) is 0.206. The van der Waals surface area contributed by atoms with Gasteiger partial charge in [-0.2, -0.15) is 0 Å². The zero-order valence-electron chi connectivity index (χ0n) is 18.6. The second kappa shape index (κ2) is 10.7. The van der Waals surface area contributed by atoms with Crippen LogP contribution in [0.4, 0.5) is 5.69 Å². The number of carbonyl (C=O) groups excluding carboxylic acids is 1. The normalized spacial score (nSPS) is 14.3. The predicted molar refractivity (Wildman–Crippen MR) is 143 cm³/mol. The number of nitrogens with one attached hydrogen (secondary N) is 1. The first-order valence-electron chi connectivity index (χ1n) is 10.3. The van der Waals surface area contributed by atoms with E-state index in [2.05, 4.69) is 5.32 Å². The van der Waals surface area contributed by atoms with E-state index in [1.165, 1.54) is 11.0 Å². The molecule has 10 heteroatoms. The number of methoxy groups -OCH3 is 2. The van der Waals surface area contributed by atoms with E-state index in [0.717, 1.165) is 11.1 Å². The average Bonchev–Trinajstić information content (AvgIpc) is 3.12. The van der Waals surface area contributed by atoms with Gasteiger partial charge >= 0.3 is 0 Å². The lowest BCUT2D eigenvalue weighted by Crippen LogP contribution is -2.30. The second-order valence-electron chi connectivity index (χ2n) is 7.36. The minimum absolute atomic E-state index is 0.144. The maximum Gasteiger partial charge on any atom is 0.281 e. The topological polar surface area (TPSA) is 60.0 Å². The van der Waals surface area contributed by atoms with E-state index >= 15 is 0 Å². The number of carbonyl (C=O) groups is 1. The molecule has 0 aromatic heterocycles. The Balaban J connectivity index is 1.60. The molecule has 4 rings (SSSR count). The second-order valence-corrected chi connectivity index (χ2v) is 8.97. The molecule has 6 nitrogen and oxygen atoms in total. The molecule has 1 amide bonds. The molecule has 1 aliphatic rings. The minimum Gasteiger partial charge on any atom is -0.496 e. The molecule has 35 heavy (non-hydrogen) atoms. The van der Waals surface area contributed by atoms with Crippen LogP contribution in [0.3, 0.4) is 0 Å². The Morgan fingerprint density at radius 2 is 1.63 bits per heavy atom. The van der Waals surface area contributed by atoms with Crippen molar-refractivity contribution in [3.05, 3.63) is 86.5 Å². The van der Waals surface area contributed by atoms with Crippen LogP contribution in [0.25, 0.3) is 6.08 Å². The van der Waals surface area contributed by atoms with Crippen molar-refractivity contribution in [2.45, 2.75) is 6.61 Å². The zero-order chi connectivity index (χ0) is 25.1. The smallest absolute Gasteiger partial charge is 0.281 e. The van der Waals surface area contributed by atoms with Crippen LogP contribution in [0.2, 0.25) is 15.1 Å². The van der Waals surface area contributed by atoms with Crippen molar-refractivity contribution in [3.63, 3.8) is 0 Å². The average molecular weight is 550 g/mol. The molecule has 0 bridgehead atoms. The van der Waals surface area contributed by atoms with Crippen LogP contribution >= 0.6 is 47.0 Å². The third-order valence-electron chi connectivity index (χ3n) is 5.18. The van der Waals surface area contributed by atoms with E-state index < -0.39 is 0 Å². The SMILES string of the molecule is COc1ccc(/C=C2/NC(=S)N(c3ccccc3OC)C2=O)cc1COc1cc(Cl)c(Cl)cc1Cl. The number of amides is 1. The Bertz CT molecular complexity index is 1350. The molecule has 1 aliphatic heterocycles. The van der Waals surface area contributed by atoms with Crippen molar-refractivity contribution in [2.75, 3.05) is 19.1 Å². The maximum absolute atomic E-state index is 13.2. The number of benzene rings is 3. The third kappa shape index (κ3) is 5.33. The highest BCUT2D eigenvalue weighted by Crippen LogP contribution is 2.35. The van der Waals surface area contributed by atoms with E-state index in [4.69, 9.17) is 61.2 Å². The van der Waals surface area contributed by atoms with E-state index in [-0.39, 0.29) is 17.6 Å². The highest BCUT2D eigenvalue weighted by molar-refractivity contribution is 7.80. The maximum atomic E-state index is 13.2. The van der Waals surface area contributed by atoms with Crippen molar-refractivity contribution < 1.29 is 19.0 Å². The summed E-state index contributed by atoms with van der Waals surface area (Å²) in [5, 5.41) is 4.25. The van der Waals surface area contributed by atoms with Gasteiger partial charge in [-0.25, -0.2) is 4.90 Å². The number of rotatable bonds is 7. The summed E-state index contributed by atoms with van der Waals surface area (Å²) in [5.41, 5.74) is 2.36. The van der Waals surface area contributed by atoms with Gasteiger partial charge in [0.15, 0.2) is 5.11 Å². The molecule has 0 atom stereocenters. The molecule has 0 spiro atoms. The van der Waals surface area contributed by atoms with Gasteiger partial charge in [0.25, 0.3) is 5.91 Å². The van der Waals surface area contributed by atoms with Gasteiger partial charge in [0, 0.05) is 11.6 Å². The number of nitrogens with zero attached hydrogens (tertiary/aromatic N) is 1. The number of ether oxygens (including phenoxy) is 3. The predicted octanol–water partition coefficient (Wildman–Crippen LogP) is 6.51. The lowest BCUT2D eigenvalue weighted by molar-refractivity contribution is -0.113. The largest absolute Gasteiger partial charge is 0.496 e. The van der Waals surface area contributed by atoms with Gasteiger partial charge < -0.3 is 19.5 Å². The monoisotopic (exact) mass is 548 g/mol. The molecule has 1 saturated heterocycles. The standard InChI is InChI=1S/C25H19Cl3N2O4S/c1-32-21-8-7-14(9-15(21)13-34-23-12-17(27)16(26)11-18(23)28)10-19-24(31)30(25(35)29-19)20-5-3-4-6-22(20)33-2/h3-12H,13H2,1-2H3,(H,29,35)/b19-10+. The molecular weight excluding hydrogens is 531 g/mol. The number of hydrogen-bond donors (Lipinski definition) is 1. The minimum atomic E-state index is -0.296. The molecule has 3 aromatic rings. The Kier molecular flexibility index (Phi) is 7.72. The summed E-state index contributed by atoms with van der Waals surface area (Å²) in [6, 6.07) is 15.7. The van der Waals surface area contributed by atoms with Crippen LogP contribution < -0.4 is 24.4 Å². The van der Waals surface area contributed by atoms with Gasteiger partial charge in [-0.3, -0.25) is 4.79 Å². The van der Waals surface area contributed by atoms with Gasteiger partial charge in [0.1, 0.15) is 29.6 Å². The summed E-state index contributed by atoms with van der Waals surface area (Å²) in [4.78, 5) is 14.6. The third-order valence-corrected chi connectivity index (χ3v) is 6.48. The summed E-state index contributed by atoms with van der Waals surface area (Å²) in [6.07, 6.45) is 1.71. The molecule has 0 radical (unpaired) electrons. The summed E-state index contributed by atoms with van der Waals surface area (Å²) >= 11 is 23.7. The Hall–Kier alpha value is -2.97. The number of hydrogen-bond acceptors (Lipinski definition) is 5. The lowest BCUT2D eigenvalue weighted by Gasteiger charge is -2.17. The number of thiocarbonyl (C=S) groups is 1. The van der Waals surface area contributed by atoms with Crippen LogP contribution in [-0.2, 0) is 11.4 Å². The summed E-state index contributed by atoms with van der Waals surface area (Å²) in [7, 11) is 3.10. The van der Waals surface area contributed by atoms with E-state index in [1.54, 1.807) is 44.6 Å². The lowest BCUT2D eigenvalue weighted by atomic mass is 10.1. The van der Waals surface area contributed by atoms with Crippen molar-refractivity contribution in [2.24, 2.45) is 0 Å². The van der Waals surface area contributed by atoms with Gasteiger partial charge in [-0.05, 0) is 54.2 Å². The Morgan fingerprint density at radius 1 is 0.914 bits per heavy atom. The fourth-order valence-corrected chi connectivity index (χ4v) is 4.39. The van der Waals surface area contributed by atoms with Gasteiger partial charge in [0.2, 0.25) is 0 Å². The van der Waals surface area contributed by atoms with Crippen molar-refractivity contribution >= 4 is 69.8 Å². The first-order valence-corrected chi connectivity index (χ1v) is 11.8. The molecule has 1 fully saturated rings. The van der Waals surface area contributed by atoms with E-state index in [9.17, 15) is 4.79 Å². The fraction of sp³-hybridized carbons (Fsp3) is 0.120. The molecule has 1 heterocycles. The van der Waals surface area contributed by atoms with E-state index in [0.29, 0.717) is 43.7 Å². The Labute approximate surface area is 222 Å². The molecular formula is C25H19Cl3N2O4S. The molecule has 180 valence electrons. The van der Waals surface area contributed by atoms with Gasteiger partial charge in [-0.1, -0.05) is 53.0 Å². The first-order chi connectivity index (χ1) is 16.8. The molecule has 3 aromatic carbocycles. The first kappa shape index (κ1) is 25.1. The molecule has 0 saturated carbocycles. The fourth-order valence-electron chi connectivity index (χ4n) is 3.51. The Morgan fingerprint density at radius 3 is 2.37 bits per heavy atom. The van der Waals surface area contributed by atoms with Crippen LogP contribution in [0.1, 0.15) is 11.1 Å². The number of halogens is 3. The summed E-state index contributed by atoms with van der Waals surface area (Å²) in [6.45, 7) is 0.144. The van der Waals surface area contributed by atoms with Gasteiger partial charge in [0.05, 0.1) is 35.0 Å². The molecule has 1 N–H and O–H groups in total. The van der Waals surface area contributed by atoms with Crippen LogP contribution in [0, 0.1) is 0 Å². The molecule has 0 unspecified atom stereocenters. The van der Waals surface area contributed by atoms with Crippen LogP contribution in [0.5, 0.6) is 17.2 Å². The number of para-hydroxylation sites is 2. The van der Waals surface area contributed by atoms with Crippen molar-refractivity contribution in [1.29, 1.82) is 0 Å². The zero-order valence-corrected chi connectivity index (χ0v) is 21.7. The van der Waals surface area contributed by atoms with Crippen LogP contribution in [0.15, 0.2) is 60.3 Å². The van der Waals surface area contributed by atoms with Crippen molar-refractivity contribution in [3.8, 4) is 17.2 Å². The van der Waals surface area contributed by atoms with Crippen molar-refractivity contribution in [1.82, 2.24) is 5.32 Å². The summed E-state index contributed by atoms with van der Waals surface area (Å²) < 4.78 is 16.7. The molecule has 0 aliphatic carbocycles. The van der Waals surface area contributed by atoms with E-state index in [1.807, 2.05) is 24.3 Å². The van der Waals surface area contributed by atoms with Crippen LogP contribution in [-0.4, -0.2) is 25.2 Å².